The van der Waals surface area contributed by atoms with E-state index in [0.717, 1.165) is 0 Å². The van der Waals surface area contributed by atoms with Gasteiger partial charge in [0.15, 0.2) is 5.79 Å². The standard InChI is InChI=1S/C27H25F6NO5/c1-11-4-14(5-12(2)22(11)35)20-10-19-21-18(6-13(3)25(19,38)39-20)23(36)34(24(21)37)17-8-15(26(28,29)30)7-16(9-17)27(31,32)33/h4-5,7-9,13,18-21,35,38H,6,10H2,1-3H3/t13-,18-,19-,20-,21-,25+/m0/s1. The third-order valence-electron chi connectivity index (χ3n) is 8.27. The van der Waals surface area contributed by atoms with Crippen molar-refractivity contribution in [2.45, 2.75) is 57.9 Å². The van der Waals surface area contributed by atoms with E-state index >= 15 is 0 Å². The van der Waals surface area contributed by atoms with Crippen LogP contribution in [0.25, 0.3) is 0 Å². The lowest BCUT2D eigenvalue weighted by Gasteiger charge is -2.43. The molecule has 2 N–H and O–H groups in total. The first kappa shape index (κ1) is 27.4. The van der Waals surface area contributed by atoms with Crippen molar-refractivity contribution in [3.63, 3.8) is 0 Å². The predicted octanol–water partition coefficient (Wildman–Crippen LogP) is 5.66. The van der Waals surface area contributed by atoms with Crippen molar-refractivity contribution < 1.29 is 50.9 Å². The van der Waals surface area contributed by atoms with Gasteiger partial charge in [-0.2, -0.15) is 26.3 Å². The Balaban J connectivity index is 1.55. The maximum atomic E-state index is 13.6. The zero-order chi connectivity index (χ0) is 28.8. The first-order chi connectivity index (χ1) is 17.9. The summed E-state index contributed by atoms with van der Waals surface area (Å²) in [6.45, 7) is 4.98. The molecule has 2 aliphatic heterocycles. The number of aryl methyl sites for hydroxylation is 2. The Morgan fingerprint density at radius 2 is 1.44 bits per heavy atom. The Morgan fingerprint density at radius 1 is 0.897 bits per heavy atom. The lowest BCUT2D eigenvalue weighted by Crippen LogP contribution is -2.52. The molecular weight excluding hydrogens is 532 g/mol. The third-order valence-corrected chi connectivity index (χ3v) is 8.27. The molecule has 0 aromatic heterocycles. The average Bonchev–Trinajstić information content (AvgIpc) is 3.30. The van der Waals surface area contributed by atoms with Crippen LogP contribution in [-0.2, 0) is 26.7 Å². The molecule has 1 saturated carbocycles. The third kappa shape index (κ3) is 4.28. The minimum Gasteiger partial charge on any atom is -0.507 e. The summed E-state index contributed by atoms with van der Waals surface area (Å²) in [5.74, 6) is -7.52. The number of amides is 2. The molecule has 0 unspecified atom stereocenters. The van der Waals surface area contributed by atoms with E-state index in [1.165, 1.54) is 0 Å². The van der Waals surface area contributed by atoms with Gasteiger partial charge in [0.1, 0.15) is 5.75 Å². The topological polar surface area (TPSA) is 87.1 Å². The van der Waals surface area contributed by atoms with E-state index < -0.39 is 76.5 Å². The van der Waals surface area contributed by atoms with E-state index in [0.29, 0.717) is 33.7 Å². The molecule has 3 aliphatic rings. The number of hydrogen-bond donors (Lipinski definition) is 2. The van der Waals surface area contributed by atoms with Gasteiger partial charge in [0.05, 0.1) is 34.8 Å². The molecule has 0 radical (unpaired) electrons. The fraction of sp³-hybridized carbons (Fsp3) is 0.481. The van der Waals surface area contributed by atoms with Gasteiger partial charge in [0.2, 0.25) is 11.8 Å². The number of nitrogens with zero attached hydrogens (tertiary/aromatic N) is 1. The number of phenolic OH excluding ortho intramolecular Hbond substituents is 1. The van der Waals surface area contributed by atoms with Gasteiger partial charge in [-0.05, 0) is 73.7 Å². The Hall–Kier alpha value is -3.12. The number of hydrogen-bond acceptors (Lipinski definition) is 5. The van der Waals surface area contributed by atoms with Gasteiger partial charge in [-0.3, -0.25) is 14.5 Å². The van der Waals surface area contributed by atoms with Crippen LogP contribution in [0.3, 0.4) is 0 Å². The fourth-order valence-electron chi connectivity index (χ4n) is 6.35. The maximum Gasteiger partial charge on any atom is 0.416 e. The molecule has 5 rings (SSSR count). The highest BCUT2D eigenvalue weighted by Crippen LogP contribution is 2.58. The highest BCUT2D eigenvalue weighted by atomic mass is 19.4. The van der Waals surface area contributed by atoms with Crippen LogP contribution < -0.4 is 4.90 Å². The van der Waals surface area contributed by atoms with Crippen LogP contribution in [0, 0.1) is 37.5 Å². The number of carbonyl (C=O) groups is 2. The molecule has 0 spiro atoms. The van der Waals surface area contributed by atoms with Gasteiger partial charge in [0, 0.05) is 11.8 Å². The largest absolute Gasteiger partial charge is 0.507 e. The van der Waals surface area contributed by atoms with Crippen LogP contribution in [0.1, 0.15) is 53.7 Å². The van der Waals surface area contributed by atoms with Crippen LogP contribution in [0.2, 0.25) is 0 Å². The Kier molecular flexibility index (Phi) is 6.12. The van der Waals surface area contributed by atoms with Gasteiger partial charge < -0.3 is 14.9 Å². The number of halogens is 6. The molecule has 2 aromatic carbocycles. The summed E-state index contributed by atoms with van der Waals surface area (Å²) in [6, 6.07) is 3.98. The Morgan fingerprint density at radius 3 is 1.95 bits per heavy atom. The van der Waals surface area contributed by atoms with Crippen molar-refractivity contribution in [2.24, 2.45) is 23.7 Å². The van der Waals surface area contributed by atoms with Crippen LogP contribution in [-0.4, -0.2) is 27.8 Å². The number of aromatic hydroxyl groups is 1. The highest BCUT2D eigenvalue weighted by Gasteiger charge is 2.66. The first-order valence-electron chi connectivity index (χ1n) is 12.3. The SMILES string of the molecule is Cc1cc([C@@H]2C[C@H]3[C@H]4C(=O)N(c5cc(C(F)(F)F)cc(C(F)(F)F)c5)C(=O)[C@H]4C[C@H](C)[C@@]3(O)O2)cc(C)c1O. The Bertz CT molecular complexity index is 1320. The molecule has 12 heteroatoms. The van der Waals surface area contributed by atoms with E-state index in [2.05, 4.69) is 0 Å². The number of aliphatic hydroxyl groups is 1. The van der Waals surface area contributed by atoms with Crippen LogP contribution in [0.5, 0.6) is 5.75 Å². The average molecular weight is 557 g/mol. The van der Waals surface area contributed by atoms with E-state index in [1.54, 1.807) is 32.9 Å². The van der Waals surface area contributed by atoms with E-state index in [4.69, 9.17) is 4.74 Å². The second-order valence-corrected chi connectivity index (χ2v) is 10.7. The van der Waals surface area contributed by atoms with Crippen molar-refractivity contribution in [1.29, 1.82) is 0 Å². The number of fused-ring (bicyclic) bond motifs is 3. The minimum absolute atomic E-state index is 0.0514. The summed E-state index contributed by atoms with van der Waals surface area (Å²) >= 11 is 0. The predicted molar refractivity (Wildman–Crippen MR) is 124 cm³/mol. The summed E-state index contributed by atoms with van der Waals surface area (Å²) < 4.78 is 86.8. The first-order valence-corrected chi connectivity index (χ1v) is 12.3. The number of alkyl halides is 6. The molecule has 6 nitrogen and oxygen atoms in total. The number of benzene rings is 2. The monoisotopic (exact) mass is 557 g/mol. The number of rotatable bonds is 2. The van der Waals surface area contributed by atoms with Gasteiger partial charge in [0.25, 0.3) is 0 Å². The number of imide groups is 1. The summed E-state index contributed by atoms with van der Waals surface area (Å²) in [4.78, 5) is 27.4. The van der Waals surface area contributed by atoms with Crippen molar-refractivity contribution in [2.75, 3.05) is 4.90 Å². The van der Waals surface area contributed by atoms with E-state index in [1.807, 2.05) is 0 Å². The van der Waals surface area contributed by atoms with E-state index in [-0.39, 0.29) is 24.7 Å². The number of anilines is 1. The van der Waals surface area contributed by atoms with Gasteiger partial charge >= 0.3 is 12.4 Å². The smallest absolute Gasteiger partial charge is 0.416 e. The molecule has 39 heavy (non-hydrogen) atoms. The fourth-order valence-corrected chi connectivity index (χ4v) is 6.35. The second kappa shape index (κ2) is 8.69. The summed E-state index contributed by atoms with van der Waals surface area (Å²) in [5.41, 5.74) is -2.37. The zero-order valence-electron chi connectivity index (χ0n) is 21.0. The summed E-state index contributed by atoms with van der Waals surface area (Å²) in [5, 5.41) is 21.7. The number of carbonyl (C=O) groups excluding carboxylic acids is 2. The molecule has 2 saturated heterocycles. The molecule has 0 bridgehead atoms. The number of phenols is 1. The van der Waals surface area contributed by atoms with E-state index in [9.17, 15) is 46.1 Å². The van der Waals surface area contributed by atoms with Crippen molar-refractivity contribution in [3.8, 4) is 5.75 Å². The van der Waals surface area contributed by atoms with Crippen LogP contribution in [0.15, 0.2) is 30.3 Å². The van der Waals surface area contributed by atoms with Gasteiger partial charge in [-0.1, -0.05) is 6.92 Å². The Labute approximate surface area is 219 Å². The molecule has 6 atom stereocenters. The molecule has 2 amide bonds. The van der Waals surface area contributed by atoms with Gasteiger partial charge in [-0.15, -0.1) is 0 Å². The van der Waals surface area contributed by atoms with Crippen LogP contribution in [0.4, 0.5) is 32.0 Å². The van der Waals surface area contributed by atoms with Crippen molar-refractivity contribution >= 4 is 17.5 Å². The van der Waals surface area contributed by atoms with Crippen LogP contribution >= 0.6 is 0 Å². The lowest BCUT2D eigenvalue weighted by molar-refractivity contribution is -0.265. The summed E-state index contributed by atoms with van der Waals surface area (Å²) in [6.07, 6.45) is -11.0. The second-order valence-electron chi connectivity index (χ2n) is 10.7. The molecule has 2 aromatic rings. The quantitative estimate of drug-likeness (QED) is 0.368. The maximum absolute atomic E-state index is 13.6. The summed E-state index contributed by atoms with van der Waals surface area (Å²) in [7, 11) is 0. The normalized spacial score (nSPS) is 31.0. The van der Waals surface area contributed by atoms with Crippen molar-refractivity contribution in [1.82, 2.24) is 0 Å². The molecular formula is C27H25F6NO5. The molecule has 1 aliphatic carbocycles. The molecule has 210 valence electrons. The molecule has 2 heterocycles. The van der Waals surface area contributed by atoms with Crippen molar-refractivity contribution in [3.05, 3.63) is 58.1 Å². The van der Waals surface area contributed by atoms with Gasteiger partial charge in [-0.25, -0.2) is 0 Å². The number of ether oxygens (including phenoxy) is 1. The highest BCUT2D eigenvalue weighted by molar-refractivity contribution is 6.22. The lowest BCUT2D eigenvalue weighted by atomic mass is 9.65. The molecule has 3 fully saturated rings. The zero-order valence-corrected chi connectivity index (χ0v) is 21.0. The minimum atomic E-state index is -5.16.